The Balaban J connectivity index is 2.22. The van der Waals surface area contributed by atoms with Crippen LogP contribution in [0.15, 0.2) is 72.8 Å². The van der Waals surface area contributed by atoms with Crippen LogP contribution in [0, 0.1) is 19.3 Å². The third kappa shape index (κ3) is 3.98. The van der Waals surface area contributed by atoms with Crippen LogP contribution >= 0.6 is 0 Å². The molecule has 1 heterocycles. The van der Waals surface area contributed by atoms with Gasteiger partial charge in [0.05, 0.1) is 13.2 Å². The maximum absolute atomic E-state index is 6.47. The Morgan fingerprint density at radius 1 is 0.692 bits per heavy atom. The molecule has 0 unspecified atom stereocenters. The quantitative estimate of drug-likeness (QED) is 0.693. The summed E-state index contributed by atoms with van der Waals surface area (Å²) in [4.78, 5) is 0. The summed E-state index contributed by atoms with van der Waals surface area (Å²) < 4.78 is 12.9. The summed E-state index contributed by atoms with van der Waals surface area (Å²) in [5, 5.41) is 0. The van der Waals surface area contributed by atoms with E-state index in [2.05, 4.69) is 76.2 Å². The molecule has 1 saturated heterocycles. The van der Waals surface area contributed by atoms with Gasteiger partial charge < -0.3 is 9.47 Å². The van der Waals surface area contributed by atoms with Crippen molar-refractivity contribution in [2.24, 2.45) is 5.41 Å². The maximum atomic E-state index is 6.47. The van der Waals surface area contributed by atoms with E-state index in [1.165, 1.54) is 5.56 Å². The van der Waals surface area contributed by atoms with Gasteiger partial charge in [-0.1, -0.05) is 92.2 Å². The van der Waals surface area contributed by atoms with Crippen LogP contribution in [0.25, 0.3) is 0 Å². The number of hydrogen-bond donors (Lipinski definition) is 0. The Bertz CT molecular complexity index is 797. The van der Waals surface area contributed by atoms with Gasteiger partial charge >= 0.3 is 0 Å². The van der Waals surface area contributed by atoms with Crippen LogP contribution in [0.4, 0.5) is 0 Å². The fraction of sp³-hybridized carbons (Fsp3) is 0.333. The van der Waals surface area contributed by atoms with Gasteiger partial charge in [-0.25, -0.2) is 0 Å². The SMILES string of the molecule is Cc1cccccc(C2(c3ccccc3)OCC(C)(C)CO2)c(C)cc1. The summed E-state index contributed by atoms with van der Waals surface area (Å²) in [5.74, 6) is -0.883. The van der Waals surface area contributed by atoms with Crippen molar-refractivity contribution in [1.82, 2.24) is 0 Å². The lowest BCUT2D eigenvalue weighted by molar-refractivity contribution is -0.284. The van der Waals surface area contributed by atoms with Crippen LogP contribution in [-0.4, -0.2) is 13.2 Å². The molecule has 1 aliphatic rings. The van der Waals surface area contributed by atoms with Gasteiger partial charge in [0.2, 0.25) is 5.79 Å². The lowest BCUT2D eigenvalue weighted by Crippen LogP contribution is -2.46. The summed E-state index contributed by atoms with van der Waals surface area (Å²) in [7, 11) is 0. The van der Waals surface area contributed by atoms with Gasteiger partial charge in [0, 0.05) is 16.5 Å². The third-order valence-electron chi connectivity index (χ3n) is 4.71. The van der Waals surface area contributed by atoms with Crippen molar-refractivity contribution >= 4 is 0 Å². The first-order valence-electron chi connectivity index (χ1n) is 9.17. The molecule has 0 bridgehead atoms. The fourth-order valence-electron chi connectivity index (χ4n) is 3.14. The number of hydrogen-bond acceptors (Lipinski definition) is 2. The van der Waals surface area contributed by atoms with Crippen LogP contribution in [0.5, 0.6) is 0 Å². The zero-order valence-corrected chi connectivity index (χ0v) is 16.2. The molecular formula is C24H28O2. The van der Waals surface area contributed by atoms with Crippen molar-refractivity contribution in [3.05, 3.63) is 95.1 Å². The predicted molar refractivity (Wildman–Crippen MR) is 106 cm³/mol. The van der Waals surface area contributed by atoms with Gasteiger partial charge in [0.1, 0.15) is 0 Å². The highest BCUT2D eigenvalue weighted by atomic mass is 16.7. The van der Waals surface area contributed by atoms with Crippen molar-refractivity contribution in [3.8, 4) is 0 Å². The van der Waals surface area contributed by atoms with Crippen molar-refractivity contribution in [3.63, 3.8) is 0 Å². The highest BCUT2D eigenvalue weighted by molar-refractivity contribution is 5.38. The van der Waals surface area contributed by atoms with Gasteiger partial charge in [-0.05, 0) is 19.4 Å². The molecule has 26 heavy (non-hydrogen) atoms. The minimum atomic E-state index is -0.883. The van der Waals surface area contributed by atoms with Crippen LogP contribution in [0.3, 0.4) is 0 Å². The highest BCUT2D eigenvalue weighted by Gasteiger charge is 2.44. The van der Waals surface area contributed by atoms with E-state index in [0.717, 1.165) is 16.7 Å². The Morgan fingerprint density at radius 2 is 1.27 bits per heavy atom. The molecule has 0 amide bonds. The normalized spacial score (nSPS) is 18.0. The van der Waals surface area contributed by atoms with E-state index in [-0.39, 0.29) is 5.41 Å². The smallest absolute Gasteiger partial charge is 0.222 e. The number of rotatable bonds is 2. The topological polar surface area (TPSA) is 18.5 Å². The van der Waals surface area contributed by atoms with Crippen LogP contribution in [0.1, 0.15) is 36.1 Å². The molecule has 2 aromatic carbocycles. The van der Waals surface area contributed by atoms with Crippen LogP contribution in [0.2, 0.25) is 0 Å². The van der Waals surface area contributed by atoms with E-state index in [1.807, 2.05) is 24.3 Å². The summed E-state index contributed by atoms with van der Waals surface area (Å²) in [5.41, 5.74) is 4.40. The Labute approximate surface area is 157 Å². The zero-order valence-electron chi connectivity index (χ0n) is 16.2. The molecule has 0 N–H and O–H groups in total. The average Bonchev–Trinajstić information content (AvgIpc) is 2.64. The minimum absolute atomic E-state index is 0.00150. The molecule has 136 valence electrons. The summed E-state index contributed by atoms with van der Waals surface area (Å²) in [6.45, 7) is 9.84. The molecule has 0 saturated carbocycles. The first-order chi connectivity index (χ1) is 12.4. The molecule has 3 rings (SSSR count). The molecule has 1 fully saturated rings. The van der Waals surface area contributed by atoms with E-state index in [4.69, 9.17) is 9.47 Å². The second-order valence-electron chi connectivity index (χ2n) is 7.81. The molecule has 0 aliphatic carbocycles. The van der Waals surface area contributed by atoms with Crippen molar-refractivity contribution in [2.45, 2.75) is 33.5 Å². The van der Waals surface area contributed by atoms with Gasteiger partial charge in [-0.3, -0.25) is 0 Å². The van der Waals surface area contributed by atoms with Gasteiger partial charge in [-0.2, -0.15) is 0 Å². The van der Waals surface area contributed by atoms with Gasteiger partial charge in [0.15, 0.2) is 0 Å². The van der Waals surface area contributed by atoms with E-state index in [1.54, 1.807) is 0 Å². The number of aryl methyl sites for hydroxylation is 2. The van der Waals surface area contributed by atoms with Crippen LogP contribution < -0.4 is 0 Å². The van der Waals surface area contributed by atoms with Gasteiger partial charge in [-0.15, -0.1) is 0 Å². The van der Waals surface area contributed by atoms with Gasteiger partial charge in [0.25, 0.3) is 0 Å². The molecule has 1 aliphatic heterocycles. The molecule has 2 nitrogen and oxygen atoms in total. The largest absolute Gasteiger partial charge is 0.342 e. The summed E-state index contributed by atoms with van der Waals surface area (Å²) in [6, 6.07) is 24.9. The first-order valence-corrected chi connectivity index (χ1v) is 9.17. The van der Waals surface area contributed by atoms with Crippen molar-refractivity contribution < 1.29 is 9.47 Å². The Kier molecular flexibility index (Phi) is 5.45. The summed E-state index contributed by atoms with van der Waals surface area (Å²) in [6.07, 6.45) is 0. The molecule has 0 aromatic heterocycles. The maximum Gasteiger partial charge on any atom is 0.222 e. The Morgan fingerprint density at radius 3 is 1.92 bits per heavy atom. The standard InChI is InChI=1S/C24H28O2/c1-19-11-7-5-10-14-22(20(2)16-15-19)24(21-12-8-6-9-13-21)25-17-23(3,4)18-26-24/h5-16H,17-18H2,1-4H3. The zero-order chi connectivity index (χ0) is 18.6. The van der Waals surface area contributed by atoms with E-state index < -0.39 is 5.79 Å². The fourth-order valence-corrected chi connectivity index (χ4v) is 3.14. The monoisotopic (exact) mass is 348 g/mol. The second kappa shape index (κ2) is 7.61. The molecular weight excluding hydrogens is 320 g/mol. The lowest BCUT2D eigenvalue weighted by atomic mass is 9.89. The number of benzene rings is 1. The molecule has 0 spiro atoms. The summed E-state index contributed by atoms with van der Waals surface area (Å²) >= 11 is 0. The lowest BCUT2D eigenvalue weighted by Gasteiger charge is -2.44. The molecule has 0 radical (unpaired) electrons. The predicted octanol–water partition coefficient (Wildman–Crippen LogP) is 5.70. The van der Waals surface area contributed by atoms with E-state index in [9.17, 15) is 0 Å². The molecule has 0 atom stereocenters. The first kappa shape index (κ1) is 18.6. The van der Waals surface area contributed by atoms with Crippen LogP contribution in [-0.2, 0) is 15.3 Å². The molecule has 2 heteroatoms. The van der Waals surface area contributed by atoms with Crippen molar-refractivity contribution in [2.75, 3.05) is 13.2 Å². The molecule has 2 aromatic rings. The minimum Gasteiger partial charge on any atom is -0.342 e. The van der Waals surface area contributed by atoms with E-state index >= 15 is 0 Å². The Hall–Kier alpha value is -2.16. The highest BCUT2D eigenvalue weighted by Crippen LogP contribution is 2.42. The average molecular weight is 348 g/mol. The number of ether oxygens (including phenoxy) is 2. The third-order valence-corrected chi connectivity index (χ3v) is 4.71. The second-order valence-corrected chi connectivity index (χ2v) is 7.81. The van der Waals surface area contributed by atoms with E-state index in [0.29, 0.717) is 13.2 Å². The van der Waals surface area contributed by atoms with Crippen molar-refractivity contribution in [1.29, 1.82) is 0 Å².